The second-order valence-corrected chi connectivity index (χ2v) is 9.92. The standard InChI is InChI=1S/C28H26BrClN4O4/c1-3-4-13-38-21-9-7-20(8-10-21)31-27(36)28(37)33-34-24-12-6-19(30)15-18(24)16-25(34)26(35)32-23-11-5-17(2)14-22(23)29/h5-12,14-16H,3-4,13H2,1-2H3,(H,31,36)(H,32,35)(H,33,37). The maximum Gasteiger partial charge on any atom is 0.328 e. The van der Waals surface area contributed by atoms with Crippen LogP contribution in [-0.2, 0) is 9.59 Å². The average molecular weight is 598 g/mol. The molecule has 4 rings (SSSR count). The molecule has 0 aliphatic carbocycles. The maximum absolute atomic E-state index is 13.2. The van der Waals surface area contributed by atoms with Crippen LogP contribution >= 0.6 is 27.5 Å². The van der Waals surface area contributed by atoms with Crippen molar-refractivity contribution in [2.45, 2.75) is 26.7 Å². The number of hydrogen-bond donors (Lipinski definition) is 3. The molecule has 0 fully saturated rings. The number of amides is 3. The number of carbonyl (C=O) groups excluding carboxylic acids is 3. The SMILES string of the molecule is CCCCOc1ccc(NC(=O)C(=O)Nn2c(C(=O)Nc3ccc(C)cc3Br)cc3cc(Cl)ccc32)cc1. The molecule has 0 bridgehead atoms. The molecule has 0 atom stereocenters. The molecule has 0 spiro atoms. The monoisotopic (exact) mass is 596 g/mol. The first-order valence-corrected chi connectivity index (χ1v) is 13.2. The maximum atomic E-state index is 13.2. The van der Waals surface area contributed by atoms with Crippen LogP contribution in [0.4, 0.5) is 11.4 Å². The van der Waals surface area contributed by atoms with Crippen LogP contribution in [0.1, 0.15) is 35.8 Å². The summed E-state index contributed by atoms with van der Waals surface area (Å²) in [7, 11) is 0. The van der Waals surface area contributed by atoms with Gasteiger partial charge in [-0.05, 0) is 95.5 Å². The van der Waals surface area contributed by atoms with Crippen molar-refractivity contribution < 1.29 is 19.1 Å². The van der Waals surface area contributed by atoms with Crippen LogP contribution in [0.5, 0.6) is 5.75 Å². The van der Waals surface area contributed by atoms with Crippen molar-refractivity contribution in [1.29, 1.82) is 0 Å². The van der Waals surface area contributed by atoms with E-state index in [-0.39, 0.29) is 5.69 Å². The molecule has 0 unspecified atom stereocenters. The highest BCUT2D eigenvalue weighted by Gasteiger charge is 2.22. The van der Waals surface area contributed by atoms with Gasteiger partial charge in [-0.25, -0.2) is 4.68 Å². The number of fused-ring (bicyclic) bond motifs is 1. The summed E-state index contributed by atoms with van der Waals surface area (Å²) in [6.45, 7) is 4.63. The number of carbonyl (C=O) groups is 3. The van der Waals surface area contributed by atoms with Crippen molar-refractivity contribution in [2.75, 3.05) is 22.7 Å². The topological polar surface area (TPSA) is 101 Å². The summed E-state index contributed by atoms with van der Waals surface area (Å²) < 4.78 is 7.60. The van der Waals surface area contributed by atoms with E-state index in [0.717, 1.165) is 18.4 Å². The van der Waals surface area contributed by atoms with Crippen LogP contribution in [0, 0.1) is 6.92 Å². The molecule has 196 valence electrons. The molecule has 0 saturated heterocycles. The predicted molar refractivity (Wildman–Crippen MR) is 154 cm³/mol. The lowest BCUT2D eigenvalue weighted by molar-refractivity contribution is -0.133. The Labute approximate surface area is 233 Å². The highest BCUT2D eigenvalue weighted by atomic mass is 79.9. The van der Waals surface area contributed by atoms with Gasteiger partial charge >= 0.3 is 11.8 Å². The van der Waals surface area contributed by atoms with Gasteiger partial charge in [0.25, 0.3) is 5.91 Å². The summed E-state index contributed by atoms with van der Waals surface area (Å²) in [4.78, 5) is 38.8. The fourth-order valence-corrected chi connectivity index (χ4v) is 4.46. The second-order valence-electron chi connectivity index (χ2n) is 8.63. The van der Waals surface area contributed by atoms with E-state index in [1.165, 1.54) is 4.68 Å². The highest BCUT2D eigenvalue weighted by molar-refractivity contribution is 9.10. The zero-order valence-corrected chi connectivity index (χ0v) is 23.2. The molecular weight excluding hydrogens is 572 g/mol. The number of anilines is 2. The Kier molecular flexibility index (Phi) is 8.70. The third-order valence-corrected chi connectivity index (χ3v) is 6.56. The van der Waals surface area contributed by atoms with Gasteiger partial charge in [-0.15, -0.1) is 0 Å². The zero-order chi connectivity index (χ0) is 27.2. The molecule has 3 N–H and O–H groups in total. The number of hydrogen-bond acceptors (Lipinski definition) is 4. The lowest BCUT2D eigenvalue weighted by Crippen LogP contribution is -2.36. The first-order valence-electron chi connectivity index (χ1n) is 12.0. The number of benzene rings is 3. The number of nitrogens with zero attached hydrogens (tertiary/aromatic N) is 1. The summed E-state index contributed by atoms with van der Waals surface area (Å²) in [5, 5.41) is 6.47. The Morgan fingerprint density at radius 1 is 0.947 bits per heavy atom. The van der Waals surface area contributed by atoms with E-state index in [1.807, 2.05) is 19.1 Å². The Morgan fingerprint density at radius 3 is 2.42 bits per heavy atom. The van der Waals surface area contributed by atoms with E-state index in [0.29, 0.717) is 44.1 Å². The predicted octanol–water partition coefficient (Wildman–Crippen LogP) is 6.51. The Morgan fingerprint density at radius 2 is 1.71 bits per heavy atom. The molecule has 10 heteroatoms. The minimum Gasteiger partial charge on any atom is -0.494 e. The van der Waals surface area contributed by atoms with Gasteiger partial charge in [0.2, 0.25) is 0 Å². The van der Waals surface area contributed by atoms with Gasteiger partial charge in [-0.2, -0.15) is 0 Å². The van der Waals surface area contributed by atoms with Gasteiger partial charge < -0.3 is 15.4 Å². The molecule has 0 saturated carbocycles. The second kappa shape index (κ2) is 12.1. The Bertz CT molecular complexity index is 1500. The number of aryl methyl sites for hydroxylation is 1. The fourth-order valence-electron chi connectivity index (χ4n) is 3.69. The largest absolute Gasteiger partial charge is 0.494 e. The summed E-state index contributed by atoms with van der Waals surface area (Å²) in [5.41, 5.74) is 5.16. The van der Waals surface area contributed by atoms with Crippen molar-refractivity contribution in [3.63, 3.8) is 0 Å². The molecule has 4 aromatic rings. The number of ether oxygens (including phenoxy) is 1. The molecule has 3 aromatic carbocycles. The van der Waals surface area contributed by atoms with Gasteiger partial charge in [0.15, 0.2) is 0 Å². The summed E-state index contributed by atoms with van der Waals surface area (Å²) in [6, 6.07) is 18.8. The van der Waals surface area contributed by atoms with Gasteiger partial charge in [0.05, 0.1) is 17.8 Å². The van der Waals surface area contributed by atoms with Crippen LogP contribution < -0.4 is 20.8 Å². The van der Waals surface area contributed by atoms with Crippen molar-refractivity contribution in [1.82, 2.24) is 4.68 Å². The van der Waals surface area contributed by atoms with E-state index in [1.54, 1.807) is 54.6 Å². The Hall–Kier alpha value is -3.82. The zero-order valence-electron chi connectivity index (χ0n) is 20.8. The number of halogens is 2. The minimum absolute atomic E-state index is 0.115. The third-order valence-electron chi connectivity index (χ3n) is 5.67. The van der Waals surface area contributed by atoms with Crippen molar-refractivity contribution in [3.05, 3.63) is 87.5 Å². The number of aromatic nitrogens is 1. The molecule has 0 radical (unpaired) electrons. The number of rotatable bonds is 8. The van der Waals surface area contributed by atoms with Crippen molar-refractivity contribution in [3.8, 4) is 5.75 Å². The fraction of sp³-hybridized carbons (Fsp3) is 0.179. The molecule has 1 heterocycles. The van der Waals surface area contributed by atoms with E-state index in [2.05, 4.69) is 38.9 Å². The van der Waals surface area contributed by atoms with Crippen LogP contribution in [0.2, 0.25) is 5.02 Å². The van der Waals surface area contributed by atoms with E-state index in [4.69, 9.17) is 16.3 Å². The lowest BCUT2D eigenvalue weighted by atomic mass is 10.2. The molecule has 1 aromatic heterocycles. The molecule has 38 heavy (non-hydrogen) atoms. The van der Waals surface area contributed by atoms with Crippen LogP contribution in [-0.4, -0.2) is 29.0 Å². The summed E-state index contributed by atoms with van der Waals surface area (Å²) in [5.74, 6) is -1.66. The highest BCUT2D eigenvalue weighted by Crippen LogP contribution is 2.26. The summed E-state index contributed by atoms with van der Waals surface area (Å²) in [6.07, 6.45) is 1.97. The smallest absolute Gasteiger partial charge is 0.328 e. The van der Waals surface area contributed by atoms with Gasteiger partial charge in [0.1, 0.15) is 11.4 Å². The third kappa shape index (κ3) is 6.54. The first kappa shape index (κ1) is 27.2. The van der Waals surface area contributed by atoms with Gasteiger partial charge in [-0.3, -0.25) is 19.8 Å². The van der Waals surface area contributed by atoms with Crippen molar-refractivity contribution >= 4 is 67.5 Å². The first-order chi connectivity index (χ1) is 18.2. The van der Waals surface area contributed by atoms with Gasteiger partial charge in [0, 0.05) is 20.6 Å². The molecule has 0 aliphatic heterocycles. The van der Waals surface area contributed by atoms with E-state index in [9.17, 15) is 14.4 Å². The number of unbranched alkanes of at least 4 members (excludes halogenated alkanes) is 1. The van der Waals surface area contributed by atoms with Crippen LogP contribution in [0.3, 0.4) is 0 Å². The lowest BCUT2D eigenvalue weighted by Gasteiger charge is -2.13. The molecule has 3 amide bonds. The quantitative estimate of drug-likeness (QED) is 0.159. The molecular formula is C28H26BrClN4O4. The van der Waals surface area contributed by atoms with Crippen LogP contribution in [0.15, 0.2) is 71.2 Å². The minimum atomic E-state index is -0.953. The van der Waals surface area contributed by atoms with Gasteiger partial charge in [-0.1, -0.05) is 31.0 Å². The van der Waals surface area contributed by atoms with Crippen LogP contribution in [0.25, 0.3) is 10.9 Å². The number of nitrogens with one attached hydrogen (secondary N) is 3. The average Bonchev–Trinajstić information content (AvgIpc) is 3.24. The molecule has 0 aliphatic rings. The molecule has 8 nitrogen and oxygen atoms in total. The summed E-state index contributed by atoms with van der Waals surface area (Å²) >= 11 is 9.59. The Balaban J connectivity index is 1.53. The van der Waals surface area contributed by atoms with Crippen molar-refractivity contribution in [2.24, 2.45) is 0 Å². The van der Waals surface area contributed by atoms with E-state index >= 15 is 0 Å². The van der Waals surface area contributed by atoms with E-state index < -0.39 is 17.7 Å². The normalized spacial score (nSPS) is 10.7.